The van der Waals surface area contributed by atoms with E-state index in [1.54, 1.807) is 37.5 Å². The molecule has 0 aliphatic carbocycles. The highest BCUT2D eigenvalue weighted by Gasteiger charge is 2.36. The lowest BCUT2D eigenvalue weighted by Crippen LogP contribution is -2.47. The van der Waals surface area contributed by atoms with Gasteiger partial charge in [-0.05, 0) is 49.2 Å². The van der Waals surface area contributed by atoms with Gasteiger partial charge in [-0.3, -0.25) is 0 Å². The monoisotopic (exact) mass is 491 g/mol. The SMILES string of the molecule is COc1ccc2c(OCC3(N=C=O)CCN(c4ccc(Cl)cc4Cl)CC3)ccc(Cl)c2n1. The number of hydrogen-bond donors (Lipinski definition) is 0. The average Bonchev–Trinajstić information content (AvgIpc) is 2.80. The second kappa shape index (κ2) is 9.55. The fraction of sp³-hybridized carbons (Fsp3) is 0.304. The van der Waals surface area contributed by atoms with Crippen LogP contribution >= 0.6 is 34.8 Å². The number of aliphatic imine (C=N–C) groups is 1. The number of carbonyl (C=O) groups excluding carboxylic acids is 1. The number of benzene rings is 2. The Labute approximate surface area is 200 Å². The van der Waals surface area contributed by atoms with Crippen molar-refractivity contribution >= 4 is 57.5 Å². The van der Waals surface area contributed by atoms with Gasteiger partial charge in [0.1, 0.15) is 17.9 Å². The van der Waals surface area contributed by atoms with Crippen LogP contribution in [-0.2, 0) is 4.79 Å². The Kier molecular flexibility index (Phi) is 6.77. The first-order chi connectivity index (χ1) is 15.4. The quantitative estimate of drug-likeness (QED) is 0.314. The minimum absolute atomic E-state index is 0.229. The summed E-state index contributed by atoms with van der Waals surface area (Å²) in [5.74, 6) is 1.08. The Hall–Kier alpha value is -2.50. The molecule has 0 radical (unpaired) electrons. The van der Waals surface area contributed by atoms with Gasteiger partial charge in [0.2, 0.25) is 12.0 Å². The Bertz CT molecular complexity index is 1190. The predicted octanol–water partition coefficient (Wildman–Crippen LogP) is 5.96. The maximum Gasteiger partial charge on any atom is 0.235 e. The van der Waals surface area contributed by atoms with Crippen molar-refractivity contribution < 1.29 is 14.3 Å². The van der Waals surface area contributed by atoms with Crippen molar-refractivity contribution in [1.82, 2.24) is 4.98 Å². The van der Waals surface area contributed by atoms with Crippen LogP contribution in [0.1, 0.15) is 12.8 Å². The molecule has 0 atom stereocenters. The smallest absolute Gasteiger partial charge is 0.235 e. The predicted molar refractivity (Wildman–Crippen MR) is 128 cm³/mol. The van der Waals surface area contributed by atoms with E-state index >= 15 is 0 Å². The molecule has 0 bridgehead atoms. The van der Waals surface area contributed by atoms with Gasteiger partial charge in [0.15, 0.2) is 0 Å². The van der Waals surface area contributed by atoms with Gasteiger partial charge in [0.05, 0.1) is 28.4 Å². The average molecular weight is 493 g/mol. The zero-order valence-electron chi connectivity index (χ0n) is 17.3. The van der Waals surface area contributed by atoms with Crippen LogP contribution in [0.15, 0.2) is 47.5 Å². The third-order valence-corrected chi connectivity index (χ3v) is 6.52. The van der Waals surface area contributed by atoms with E-state index in [0.717, 1.165) is 11.1 Å². The summed E-state index contributed by atoms with van der Waals surface area (Å²) in [4.78, 5) is 21.9. The first kappa shape index (κ1) is 22.7. The molecule has 0 saturated carbocycles. The van der Waals surface area contributed by atoms with Gasteiger partial charge >= 0.3 is 0 Å². The summed E-state index contributed by atoms with van der Waals surface area (Å²) < 4.78 is 11.3. The molecule has 0 spiro atoms. The highest BCUT2D eigenvalue weighted by Crippen LogP contribution is 2.36. The van der Waals surface area contributed by atoms with Gasteiger partial charge in [0.25, 0.3) is 0 Å². The second-order valence-corrected chi connectivity index (χ2v) is 8.85. The molecule has 0 unspecified atom stereocenters. The molecule has 3 aromatic rings. The number of ether oxygens (including phenoxy) is 2. The van der Waals surface area contributed by atoms with Crippen molar-refractivity contribution in [3.05, 3.63) is 57.5 Å². The molecule has 1 aliphatic rings. The Morgan fingerprint density at radius 1 is 1.09 bits per heavy atom. The number of nitrogens with zero attached hydrogens (tertiary/aromatic N) is 3. The Morgan fingerprint density at radius 3 is 2.56 bits per heavy atom. The first-order valence-corrected chi connectivity index (χ1v) is 11.1. The van der Waals surface area contributed by atoms with E-state index in [-0.39, 0.29) is 6.61 Å². The van der Waals surface area contributed by atoms with E-state index in [0.29, 0.717) is 58.1 Å². The minimum atomic E-state index is -0.678. The van der Waals surface area contributed by atoms with Crippen molar-refractivity contribution in [2.24, 2.45) is 4.99 Å². The second-order valence-electron chi connectivity index (χ2n) is 7.59. The molecule has 2 heterocycles. The highest BCUT2D eigenvalue weighted by atomic mass is 35.5. The van der Waals surface area contributed by atoms with Crippen LogP contribution in [0.2, 0.25) is 15.1 Å². The molecule has 1 fully saturated rings. The molecule has 9 heteroatoms. The van der Waals surface area contributed by atoms with Crippen molar-refractivity contribution in [1.29, 1.82) is 0 Å². The van der Waals surface area contributed by atoms with E-state index in [1.807, 2.05) is 18.2 Å². The van der Waals surface area contributed by atoms with Crippen molar-refractivity contribution in [2.75, 3.05) is 31.7 Å². The van der Waals surface area contributed by atoms with E-state index in [2.05, 4.69) is 14.9 Å². The summed E-state index contributed by atoms with van der Waals surface area (Å²) in [6.07, 6.45) is 2.95. The minimum Gasteiger partial charge on any atom is -0.490 e. The van der Waals surface area contributed by atoms with Crippen molar-refractivity contribution in [2.45, 2.75) is 18.4 Å². The van der Waals surface area contributed by atoms with Crippen molar-refractivity contribution in [3.8, 4) is 11.6 Å². The molecule has 2 aromatic carbocycles. The maximum absolute atomic E-state index is 11.2. The van der Waals surface area contributed by atoms with Gasteiger partial charge in [-0.2, -0.15) is 4.99 Å². The lowest BCUT2D eigenvalue weighted by molar-refractivity contribution is 0.191. The van der Waals surface area contributed by atoms with Gasteiger partial charge in [-0.15, -0.1) is 0 Å². The molecule has 6 nitrogen and oxygen atoms in total. The molecular formula is C23H20Cl3N3O3. The molecule has 4 rings (SSSR count). The number of methoxy groups -OCH3 is 1. The summed E-state index contributed by atoms with van der Waals surface area (Å²) in [7, 11) is 1.55. The number of fused-ring (bicyclic) bond motifs is 1. The number of rotatable bonds is 6. The number of isocyanates is 1. The maximum atomic E-state index is 11.2. The topological polar surface area (TPSA) is 64.0 Å². The standard InChI is InChI=1S/C23H20Cl3N3O3/c1-31-21-7-3-16-20(6-4-17(25)22(16)28-21)32-13-23(27-14-30)8-10-29(11-9-23)19-5-2-15(24)12-18(19)26/h2-7,12H,8-11,13H2,1H3. The normalized spacial score (nSPS) is 15.3. The molecule has 1 aromatic heterocycles. The third-order valence-electron chi connectivity index (χ3n) is 5.68. The van der Waals surface area contributed by atoms with Gasteiger partial charge < -0.3 is 14.4 Å². The fourth-order valence-corrected chi connectivity index (χ4v) is 4.61. The third kappa shape index (κ3) is 4.64. The zero-order chi connectivity index (χ0) is 22.7. The zero-order valence-corrected chi connectivity index (χ0v) is 19.5. The number of pyridine rings is 1. The van der Waals surface area contributed by atoms with Crippen LogP contribution < -0.4 is 14.4 Å². The Balaban J connectivity index is 1.53. The molecule has 1 aliphatic heterocycles. The summed E-state index contributed by atoms with van der Waals surface area (Å²) in [6.45, 7) is 1.55. The highest BCUT2D eigenvalue weighted by molar-refractivity contribution is 6.36. The summed E-state index contributed by atoms with van der Waals surface area (Å²) >= 11 is 18.7. The van der Waals surface area contributed by atoms with Gasteiger partial charge in [-0.1, -0.05) is 34.8 Å². The molecule has 166 valence electrons. The summed E-state index contributed by atoms with van der Waals surface area (Å²) in [5, 5.41) is 2.44. The van der Waals surface area contributed by atoms with Crippen molar-refractivity contribution in [3.63, 3.8) is 0 Å². The molecule has 0 amide bonds. The lowest BCUT2D eigenvalue weighted by Gasteiger charge is -2.39. The molecule has 1 saturated heterocycles. The van der Waals surface area contributed by atoms with Crippen LogP contribution in [0.5, 0.6) is 11.6 Å². The first-order valence-electron chi connectivity index (χ1n) is 10.00. The van der Waals surface area contributed by atoms with E-state index in [1.165, 1.54) is 0 Å². The number of anilines is 1. The van der Waals surface area contributed by atoms with Crippen LogP contribution in [0.4, 0.5) is 5.69 Å². The van der Waals surface area contributed by atoms with Crippen LogP contribution in [-0.4, -0.2) is 43.4 Å². The largest absolute Gasteiger partial charge is 0.490 e. The molecular weight excluding hydrogens is 473 g/mol. The van der Waals surface area contributed by atoms with E-state index < -0.39 is 5.54 Å². The van der Waals surface area contributed by atoms with Gasteiger partial charge in [0, 0.05) is 29.6 Å². The number of aromatic nitrogens is 1. The molecule has 32 heavy (non-hydrogen) atoms. The Morgan fingerprint density at radius 2 is 1.88 bits per heavy atom. The summed E-state index contributed by atoms with van der Waals surface area (Å²) in [6, 6.07) is 12.6. The van der Waals surface area contributed by atoms with Crippen LogP contribution in [0.3, 0.4) is 0 Å². The van der Waals surface area contributed by atoms with E-state index in [4.69, 9.17) is 44.3 Å². The number of halogens is 3. The van der Waals surface area contributed by atoms with Crippen LogP contribution in [0.25, 0.3) is 10.9 Å². The molecule has 0 N–H and O–H groups in total. The summed E-state index contributed by atoms with van der Waals surface area (Å²) in [5.41, 5.74) is 0.816. The van der Waals surface area contributed by atoms with E-state index in [9.17, 15) is 4.79 Å². The van der Waals surface area contributed by atoms with Gasteiger partial charge in [-0.25, -0.2) is 9.78 Å². The van der Waals surface area contributed by atoms with Crippen LogP contribution in [0, 0.1) is 0 Å². The number of hydrogen-bond acceptors (Lipinski definition) is 6. The number of piperidine rings is 1. The lowest BCUT2D eigenvalue weighted by atomic mass is 9.88. The fourth-order valence-electron chi connectivity index (χ4n) is 3.88.